The highest BCUT2D eigenvalue weighted by Crippen LogP contribution is 2.26. The van der Waals surface area contributed by atoms with Gasteiger partial charge in [-0.2, -0.15) is 0 Å². The van der Waals surface area contributed by atoms with Crippen LogP contribution < -0.4 is 14.8 Å². The van der Waals surface area contributed by atoms with Crippen molar-refractivity contribution in [2.45, 2.75) is 39.5 Å². The van der Waals surface area contributed by atoms with Crippen LogP contribution >= 0.6 is 15.9 Å². The van der Waals surface area contributed by atoms with Crippen LogP contribution in [0.2, 0.25) is 0 Å². The summed E-state index contributed by atoms with van der Waals surface area (Å²) >= 11 is 3.43. The van der Waals surface area contributed by atoms with E-state index in [2.05, 4.69) is 28.2 Å². The fourth-order valence-electron chi connectivity index (χ4n) is 2.50. The molecule has 0 saturated heterocycles. The first-order valence-electron chi connectivity index (χ1n) is 9.10. The van der Waals surface area contributed by atoms with Crippen molar-refractivity contribution >= 4 is 27.5 Å². The molecule has 0 saturated carbocycles. The predicted molar refractivity (Wildman–Crippen MR) is 109 cm³/mol. The van der Waals surface area contributed by atoms with E-state index in [4.69, 9.17) is 9.47 Å². The van der Waals surface area contributed by atoms with Gasteiger partial charge in [0.05, 0.1) is 17.7 Å². The summed E-state index contributed by atoms with van der Waals surface area (Å²) in [4.78, 5) is 12.5. The summed E-state index contributed by atoms with van der Waals surface area (Å²) in [7, 11) is 0. The van der Waals surface area contributed by atoms with Crippen LogP contribution in [0.15, 0.2) is 46.9 Å². The number of rotatable bonds is 10. The average molecular weight is 420 g/mol. The highest BCUT2D eigenvalue weighted by molar-refractivity contribution is 9.10. The van der Waals surface area contributed by atoms with Gasteiger partial charge >= 0.3 is 0 Å². The minimum Gasteiger partial charge on any atom is -0.494 e. The maximum absolute atomic E-state index is 12.5. The van der Waals surface area contributed by atoms with Gasteiger partial charge in [-0.1, -0.05) is 32.3 Å². The van der Waals surface area contributed by atoms with Crippen LogP contribution in [-0.2, 0) is 0 Å². The normalized spacial score (nSPS) is 10.4. The highest BCUT2D eigenvalue weighted by Gasteiger charge is 2.10. The standard InChI is InChI=1S/C21H26BrNO3/c1-3-5-6-7-13-26-18-10-8-9-17(15-18)23-21(24)16-11-12-20(25-4-2)19(22)14-16/h8-12,14-15H,3-7,13H2,1-2H3,(H,23,24). The molecule has 0 aromatic heterocycles. The first kappa shape index (κ1) is 20.3. The van der Waals surface area contributed by atoms with Crippen molar-refractivity contribution in [3.8, 4) is 11.5 Å². The second-order valence-electron chi connectivity index (χ2n) is 5.97. The summed E-state index contributed by atoms with van der Waals surface area (Å²) in [5, 5.41) is 2.91. The van der Waals surface area contributed by atoms with E-state index < -0.39 is 0 Å². The fraction of sp³-hybridized carbons (Fsp3) is 0.381. The van der Waals surface area contributed by atoms with E-state index in [1.54, 1.807) is 18.2 Å². The van der Waals surface area contributed by atoms with Crippen molar-refractivity contribution in [3.63, 3.8) is 0 Å². The van der Waals surface area contributed by atoms with Gasteiger partial charge in [0.25, 0.3) is 5.91 Å². The third-order valence-corrected chi connectivity index (χ3v) is 4.47. The maximum atomic E-state index is 12.5. The Morgan fingerprint density at radius 3 is 2.62 bits per heavy atom. The van der Waals surface area contributed by atoms with Crippen LogP contribution in [0.5, 0.6) is 11.5 Å². The molecule has 0 heterocycles. The molecule has 0 aliphatic rings. The van der Waals surface area contributed by atoms with Crippen molar-refractivity contribution in [1.29, 1.82) is 0 Å². The molecular weight excluding hydrogens is 394 g/mol. The van der Waals surface area contributed by atoms with E-state index in [0.717, 1.165) is 22.4 Å². The van der Waals surface area contributed by atoms with E-state index in [-0.39, 0.29) is 5.91 Å². The van der Waals surface area contributed by atoms with Crippen LogP contribution in [-0.4, -0.2) is 19.1 Å². The summed E-state index contributed by atoms with van der Waals surface area (Å²) in [6.07, 6.45) is 4.67. The van der Waals surface area contributed by atoms with E-state index >= 15 is 0 Å². The van der Waals surface area contributed by atoms with Gasteiger partial charge in [0.2, 0.25) is 0 Å². The number of amides is 1. The number of nitrogens with one attached hydrogen (secondary N) is 1. The molecule has 0 spiro atoms. The molecule has 0 bridgehead atoms. The quantitative estimate of drug-likeness (QED) is 0.476. The zero-order chi connectivity index (χ0) is 18.8. The lowest BCUT2D eigenvalue weighted by Gasteiger charge is -2.10. The molecule has 5 heteroatoms. The number of hydrogen-bond donors (Lipinski definition) is 1. The number of carbonyl (C=O) groups excluding carboxylic acids is 1. The van der Waals surface area contributed by atoms with Crippen LogP contribution in [0.3, 0.4) is 0 Å². The molecule has 0 unspecified atom stereocenters. The average Bonchev–Trinajstić information content (AvgIpc) is 2.63. The smallest absolute Gasteiger partial charge is 0.255 e. The van der Waals surface area contributed by atoms with Gasteiger partial charge in [0, 0.05) is 17.3 Å². The van der Waals surface area contributed by atoms with Gasteiger partial charge < -0.3 is 14.8 Å². The Kier molecular flexibility index (Phi) is 8.48. The Labute approximate surface area is 164 Å². The lowest BCUT2D eigenvalue weighted by molar-refractivity contribution is 0.102. The Balaban J connectivity index is 1.94. The first-order chi connectivity index (χ1) is 12.6. The van der Waals surface area contributed by atoms with Crippen LogP contribution in [0.25, 0.3) is 0 Å². The van der Waals surface area contributed by atoms with Crippen molar-refractivity contribution in [1.82, 2.24) is 0 Å². The molecule has 4 nitrogen and oxygen atoms in total. The first-order valence-corrected chi connectivity index (χ1v) is 9.90. The molecule has 2 aromatic carbocycles. The number of halogens is 1. The van der Waals surface area contributed by atoms with E-state index in [0.29, 0.717) is 24.5 Å². The van der Waals surface area contributed by atoms with E-state index in [1.807, 2.05) is 31.2 Å². The third-order valence-electron chi connectivity index (χ3n) is 3.85. The van der Waals surface area contributed by atoms with Gasteiger partial charge in [-0.3, -0.25) is 4.79 Å². The van der Waals surface area contributed by atoms with E-state index in [1.165, 1.54) is 19.3 Å². The van der Waals surface area contributed by atoms with Crippen molar-refractivity contribution in [3.05, 3.63) is 52.5 Å². The van der Waals surface area contributed by atoms with Gasteiger partial charge in [0.1, 0.15) is 11.5 Å². The molecule has 140 valence electrons. The van der Waals surface area contributed by atoms with Gasteiger partial charge in [-0.05, 0) is 59.6 Å². The van der Waals surface area contributed by atoms with Crippen molar-refractivity contribution in [2.24, 2.45) is 0 Å². The predicted octanol–water partition coefficient (Wildman–Crippen LogP) is 6.06. The summed E-state index contributed by atoms with van der Waals surface area (Å²) in [5.74, 6) is 1.32. The second-order valence-corrected chi connectivity index (χ2v) is 6.82. The molecular formula is C21H26BrNO3. The van der Waals surface area contributed by atoms with Gasteiger partial charge in [-0.15, -0.1) is 0 Å². The Morgan fingerprint density at radius 2 is 1.88 bits per heavy atom. The minimum atomic E-state index is -0.172. The third kappa shape index (κ3) is 6.37. The Hall–Kier alpha value is -2.01. The largest absolute Gasteiger partial charge is 0.494 e. The molecule has 2 rings (SSSR count). The zero-order valence-corrected chi connectivity index (χ0v) is 17.0. The van der Waals surface area contributed by atoms with Crippen molar-refractivity contribution in [2.75, 3.05) is 18.5 Å². The van der Waals surface area contributed by atoms with Crippen LogP contribution in [0, 0.1) is 0 Å². The molecule has 1 amide bonds. The van der Waals surface area contributed by atoms with Crippen LogP contribution in [0.4, 0.5) is 5.69 Å². The number of anilines is 1. The molecule has 26 heavy (non-hydrogen) atoms. The molecule has 0 aliphatic heterocycles. The Bertz CT molecular complexity index is 718. The minimum absolute atomic E-state index is 0.172. The van der Waals surface area contributed by atoms with Crippen LogP contribution in [0.1, 0.15) is 49.9 Å². The fourth-order valence-corrected chi connectivity index (χ4v) is 2.99. The molecule has 0 fully saturated rings. The topological polar surface area (TPSA) is 47.6 Å². The molecule has 0 radical (unpaired) electrons. The zero-order valence-electron chi connectivity index (χ0n) is 15.4. The van der Waals surface area contributed by atoms with Gasteiger partial charge in [-0.25, -0.2) is 0 Å². The summed E-state index contributed by atoms with van der Waals surface area (Å²) in [5.41, 5.74) is 1.28. The number of hydrogen-bond acceptors (Lipinski definition) is 3. The number of benzene rings is 2. The monoisotopic (exact) mass is 419 g/mol. The maximum Gasteiger partial charge on any atom is 0.255 e. The summed E-state index contributed by atoms with van der Waals surface area (Å²) in [6, 6.07) is 12.8. The second kappa shape index (κ2) is 10.9. The molecule has 0 aliphatic carbocycles. The lowest BCUT2D eigenvalue weighted by Crippen LogP contribution is -2.12. The summed E-state index contributed by atoms with van der Waals surface area (Å²) < 4.78 is 12.0. The highest BCUT2D eigenvalue weighted by atomic mass is 79.9. The Morgan fingerprint density at radius 1 is 1.04 bits per heavy atom. The summed E-state index contributed by atoms with van der Waals surface area (Å²) in [6.45, 7) is 5.39. The van der Waals surface area contributed by atoms with Gasteiger partial charge in [0.15, 0.2) is 0 Å². The number of carbonyl (C=O) groups is 1. The van der Waals surface area contributed by atoms with Crippen molar-refractivity contribution < 1.29 is 14.3 Å². The number of ether oxygens (including phenoxy) is 2. The number of unbranched alkanes of at least 4 members (excludes halogenated alkanes) is 3. The molecule has 1 N–H and O–H groups in total. The molecule has 2 aromatic rings. The SMILES string of the molecule is CCCCCCOc1cccc(NC(=O)c2ccc(OCC)c(Br)c2)c1. The lowest BCUT2D eigenvalue weighted by atomic mass is 10.2. The van der Waals surface area contributed by atoms with E-state index in [9.17, 15) is 4.79 Å². The molecule has 0 atom stereocenters.